The van der Waals surface area contributed by atoms with Crippen LogP contribution in [-0.2, 0) is 21.4 Å². The Morgan fingerprint density at radius 2 is 1.94 bits per heavy atom. The van der Waals surface area contributed by atoms with Crippen LogP contribution in [0.4, 0.5) is 4.39 Å². The molecule has 9 nitrogen and oxygen atoms in total. The number of nitrogens with zero attached hydrogens (tertiary/aromatic N) is 2. The first-order chi connectivity index (χ1) is 16.2. The van der Waals surface area contributed by atoms with Gasteiger partial charge in [0.15, 0.2) is 17.1 Å². The minimum Gasteiger partial charge on any atom is -0.494 e. The van der Waals surface area contributed by atoms with Crippen LogP contribution in [0.3, 0.4) is 0 Å². The molecule has 0 aliphatic carbocycles. The van der Waals surface area contributed by atoms with Crippen LogP contribution in [0.2, 0.25) is 0 Å². The molecule has 1 saturated heterocycles. The third-order valence-corrected chi connectivity index (χ3v) is 7.85. The van der Waals surface area contributed by atoms with Gasteiger partial charge in [0.2, 0.25) is 15.9 Å². The van der Waals surface area contributed by atoms with Gasteiger partial charge in [0.05, 0.1) is 23.6 Å². The molecule has 4 rings (SSSR count). The molecule has 1 amide bonds. The van der Waals surface area contributed by atoms with Gasteiger partial charge in [-0.1, -0.05) is 6.07 Å². The lowest BCUT2D eigenvalue weighted by molar-refractivity contribution is -0.121. The first-order valence-corrected chi connectivity index (χ1v) is 12.4. The van der Waals surface area contributed by atoms with Crippen molar-refractivity contribution in [2.45, 2.75) is 43.7 Å². The molecule has 0 spiro atoms. The fourth-order valence-corrected chi connectivity index (χ4v) is 5.59. The van der Waals surface area contributed by atoms with Crippen molar-refractivity contribution in [2.24, 2.45) is 0 Å². The highest BCUT2D eigenvalue weighted by molar-refractivity contribution is 7.89. The van der Waals surface area contributed by atoms with Crippen molar-refractivity contribution < 1.29 is 26.8 Å². The summed E-state index contributed by atoms with van der Waals surface area (Å²) >= 11 is 0. The number of nitrogens with one attached hydrogen (secondary N) is 1. The smallest absolute Gasteiger partial charge is 0.419 e. The number of aromatic nitrogens is 1. The molecule has 11 heteroatoms. The van der Waals surface area contributed by atoms with Gasteiger partial charge < -0.3 is 14.5 Å². The normalized spacial score (nSPS) is 15.5. The van der Waals surface area contributed by atoms with Gasteiger partial charge in [0.25, 0.3) is 0 Å². The lowest BCUT2D eigenvalue weighted by atomic mass is 10.1. The highest BCUT2D eigenvalue weighted by Crippen LogP contribution is 2.25. The molecule has 0 saturated carbocycles. The number of hydrogen-bond donors (Lipinski definition) is 1. The maximum absolute atomic E-state index is 13.9. The first kappa shape index (κ1) is 24.0. The monoisotopic (exact) mass is 491 g/mol. The fourth-order valence-electron chi connectivity index (χ4n) is 4.06. The summed E-state index contributed by atoms with van der Waals surface area (Å²) in [6, 6.07) is 8.31. The van der Waals surface area contributed by atoms with E-state index in [-0.39, 0.29) is 35.1 Å². The van der Waals surface area contributed by atoms with Crippen molar-refractivity contribution in [1.82, 2.24) is 14.2 Å². The van der Waals surface area contributed by atoms with E-state index in [9.17, 15) is 22.4 Å². The summed E-state index contributed by atoms with van der Waals surface area (Å²) in [6.45, 7) is 2.71. The molecular weight excluding hydrogens is 465 g/mol. The molecule has 1 aliphatic heterocycles. The summed E-state index contributed by atoms with van der Waals surface area (Å²) in [5, 5.41) is 2.77. The Kier molecular flexibility index (Phi) is 6.76. The number of aryl methyl sites for hydroxylation is 1. The zero-order valence-electron chi connectivity index (χ0n) is 18.9. The van der Waals surface area contributed by atoms with E-state index in [0.29, 0.717) is 24.2 Å². The van der Waals surface area contributed by atoms with E-state index in [1.54, 1.807) is 13.0 Å². The highest BCUT2D eigenvalue weighted by atomic mass is 32.2. The number of halogens is 1. The van der Waals surface area contributed by atoms with Crippen molar-refractivity contribution in [2.75, 3.05) is 20.2 Å². The molecule has 1 fully saturated rings. The molecule has 1 atom stereocenters. The summed E-state index contributed by atoms with van der Waals surface area (Å²) in [4.78, 5) is 24.9. The van der Waals surface area contributed by atoms with Gasteiger partial charge in [-0.25, -0.2) is 17.6 Å². The molecular formula is C23H26FN3O6S. The Morgan fingerprint density at radius 3 is 2.62 bits per heavy atom. The Labute approximate surface area is 196 Å². The van der Waals surface area contributed by atoms with Gasteiger partial charge in [-0.3, -0.25) is 9.36 Å². The number of oxazole rings is 1. The summed E-state index contributed by atoms with van der Waals surface area (Å²) in [7, 11) is -2.27. The topological polar surface area (TPSA) is 111 Å². The number of sulfonamides is 1. The molecule has 1 unspecified atom stereocenters. The first-order valence-electron chi connectivity index (χ1n) is 11.0. The SMILES string of the molecule is COc1ccc(C(C)NC(=O)CCn2c(=O)oc3cc(S(=O)(=O)N4CCCC4)ccc32)cc1F. The van der Waals surface area contributed by atoms with Crippen LogP contribution in [0, 0.1) is 5.82 Å². The Bertz CT molecular complexity index is 1380. The molecule has 2 aromatic carbocycles. The molecule has 1 N–H and O–H groups in total. The van der Waals surface area contributed by atoms with Crippen molar-refractivity contribution in [3.8, 4) is 5.75 Å². The number of carbonyl (C=O) groups is 1. The van der Waals surface area contributed by atoms with E-state index in [1.165, 1.54) is 46.3 Å². The van der Waals surface area contributed by atoms with Crippen molar-refractivity contribution >= 4 is 27.0 Å². The van der Waals surface area contributed by atoms with E-state index >= 15 is 0 Å². The van der Waals surface area contributed by atoms with Gasteiger partial charge >= 0.3 is 5.76 Å². The number of amides is 1. The second kappa shape index (κ2) is 9.59. The van der Waals surface area contributed by atoms with E-state index in [0.717, 1.165) is 12.8 Å². The molecule has 34 heavy (non-hydrogen) atoms. The number of carbonyl (C=O) groups excluding carboxylic acids is 1. The van der Waals surface area contributed by atoms with E-state index < -0.39 is 27.6 Å². The number of methoxy groups -OCH3 is 1. The number of fused-ring (bicyclic) bond motifs is 1. The summed E-state index contributed by atoms with van der Waals surface area (Å²) in [5.41, 5.74) is 1.13. The number of hydrogen-bond acceptors (Lipinski definition) is 6. The number of benzene rings is 2. The van der Waals surface area contributed by atoms with Crippen LogP contribution in [0.15, 0.2) is 50.5 Å². The highest BCUT2D eigenvalue weighted by Gasteiger charge is 2.28. The van der Waals surface area contributed by atoms with Gasteiger partial charge in [0, 0.05) is 32.1 Å². The quantitative estimate of drug-likeness (QED) is 0.519. The average Bonchev–Trinajstić information content (AvgIpc) is 3.45. The second-order valence-corrected chi connectivity index (χ2v) is 10.1. The van der Waals surface area contributed by atoms with Crippen molar-refractivity contribution in [3.05, 3.63) is 58.3 Å². The van der Waals surface area contributed by atoms with Crippen molar-refractivity contribution in [1.29, 1.82) is 0 Å². The number of ether oxygens (including phenoxy) is 1. The minimum absolute atomic E-state index is 0.0225. The molecule has 1 aromatic heterocycles. The third kappa shape index (κ3) is 4.71. The maximum atomic E-state index is 13.9. The van der Waals surface area contributed by atoms with Crippen LogP contribution in [0.25, 0.3) is 11.1 Å². The Hall–Kier alpha value is -3.18. The number of rotatable bonds is 8. The third-order valence-electron chi connectivity index (χ3n) is 5.96. The van der Waals surface area contributed by atoms with Crippen LogP contribution < -0.4 is 15.8 Å². The largest absolute Gasteiger partial charge is 0.494 e. The predicted octanol–water partition coefficient (Wildman–Crippen LogP) is 2.79. The average molecular weight is 492 g/mol. The van der Waals surface area contributed by atoms with Crippen LogP contribution in [0.1, 0.15) is 37.8 Å². The minimum atomic E-state index is -3.64. The molecule has 182 valence electrons. The standard InChI is InChI=1S/C23H26FN3O6S/c1-15(16-5-8-20(32-2)18(24)13-16)25-22(28)9-12-27-19-7-6-17(14-21(19)33-23(27)29)34(30,31)26-10-3-4-11-26/h5-8,13-15H,3-4,9-12H2,1-2H3,(H,25,28). The summed E-state index contributed by atoms with van der Waals surface area (Å²) in [5.74, 6) is -1.42. The molecule has 1 aliphatic rings. The molecule has 2 heterocycles. The van der Waals surface area contributed by atoms with Crippen LogP contribution >= 0.6 is 0 Å². The second-order valence-electron chi connectivity index (χ2n) is 8.19. The fraction of sp³-hybridized carbons (Fsp3) is 0.391. The van der Waals surface area contributed by atoms with Crippen LogP contribution in [0.5, 0.6) is 5.75 Å². The Balaban J connectivity index is 1.45. The van der Waals surface area contributed by atoms with Gasteiger partial charge in [-0.2, -0.15) is 4.31 Å². The molecule has 0 bridgehead atoms. The zero-order chi connectivity index (χ0) is 24.5. The van der Waals surface area contributed by atoms with Crippen LogP contribution in [-0.4, -0.2) is 43.4 Å². The summed E-state index contributed by atoms with van der Waals surface area (Å²) < 4.78 is 52.4. The maximum Gasteiger partial charge on any atom is 0.419 e. The van der Waals surface area contributed by atoms with E-state index in [1.807, 2.05) is 0 Å². The van der Waals surface area contributed by atoms with E-state index in [4.69, 9.17) is 9.15 Å². The Morgan fingerprint density at radius 1 is 1.21 bits per heavy atom. The lowest BCUT2D eigenvalue weighted by Gasteiger charge is -2.15. The van der Waals surface area contributed by atoms with E-state index in [2.05, 4.69) is 5.32 Å². The van der Waals surface area contributed by atoms with Gasteiger partial charge in [-0.05, 0) is 49.6 Å². The predicted molar refractivity (Wildman–Crippen MR) is 123 cm³/mol. The zero-order valence-corrected chi connectivity index (χ0v) is 19.7. The molecule has 0 radical (unpaired) electrons. The van der Waals surface area contributed by atoms with Crippen molar-refractivity contribution in [3.63, 3.8) is 0 Å². The molecule has 3 aromatic rings. The summed E-state index contributed by atoms with van der Waals surface area (Å²) in [6.07, 6.45) is 1.62. The van der Waals surface area contributed by atoms with Gasteiger partial charge in [-0.15, -0.1) is 0 Å². The lowest BCUT2D eigenvalue weighted by Crippen LogP contribution is -2.28. The van der Waals surface area contributed by atoms with Gasteiger partial charge in [0.1, 0.15) is 0 Å².